The monoisotopic (exact) mass is 911 g/mol. The lowest BCUT2D eigenvalue weighted by Crippen LogP contribution is -2.29. The van der Waals surface area contributed by atoms with Gasteiger partial charge in [-0.1, -0.05) is 18.2 Å². The molecule has 2 aromatic rings. The van der Waals surface area contributed by atoms with Crippen molar-refractivity contribution in [2.45, 2.75) is 23.1 Å². The lowest BCUT2D eigenvalue weighted by molar-refractivity contribution is -0.118. The van der Waals surface area contributed by atoms with Gasteiger partial charge < -0.3 is 53.2 Å². The number of hydrogen-bond donors (Lipinski definition) is 5. The molecule has 20 nitrogen and oxygen atoms in total. The number of carboxylic acid groups (broad SMARTS) is 1. The van der Waals surface area contributed by atoms with Crippen LogP contribution in [0, 0.1) is 5.41 Å². The Labute approximate surface area is 359 Å². The van der Waals surface area contributed by atoms with Crippen LogP contribution in [0.25, 0.3) is 33.4 Å². The van der Waals surface area contributed by atoms with Crippen LogP contribution in [0.4, 0.5) is 5.69 Å². The number of anilines is 1. The Morgan fingerprint density at radius 1 is 0.661 bits per heavy atom. The molecule has 0 atom stereocenters. The summed E-state index contributed by atoms with van der Waals surface area (Å²) in [5, 5.41) is 17.6. The van der Waals surface area contributed by atoms with Crippen molar-refractivity contribution >= 4 is 48.6 Å². The summed E-state index contributed by atoms with van der Waals surface area (Å²) < 4.78 is 114. The SMILES string of the molecule is CC(=O)CCOCCOCCOCCOCCOCCOCCOCCOCCNS(=O)(=O)c1c(N)ccc2c(-c3ccccc3C(=O)O)c3ccc(=N)c(S(=O)(=O)O)c-3oc12. The van der Waals surface area contributed by atoms with Crippen LogP contribution in [-0.2, 0) is 62.8 Å². The molecule has 0 saturated carbocycles. The maximum absolute atomic E-state index is 13.7. The molecule has 342 valence electrons. The second-order valence-corrected chi connectivity index (χ2v) is 16.3. The lowest BCUT2D eigenvalue weighted by atomic mass is 9.90. The fourth-order valence-corrected chi connectivity index (χ4v) is 7.88. The van der Waals surface area contributed by atoms with Crippen LogP contribution in [-0.4, -0.2) is 151 Å². The predicted molar refractivity (Wildman–Crippen MR) is 222 cm³/mol. The van der Waals surface area contributed by atoms with Crippen LogP contribution in [0.3, 0.4) is 0 Å². The summed E-state index contributed by atoms with van der Waals surface area (Å²) in [6.45, 7) is 6.75. The van der Waals surface area contributed by atoms with Crippen molar-refractivity contribution in [2.75, 3.05) is 118 Å². The molecule has 0 saturated heterocycles. The molecule has 62 heavy (non-hydrogen) atoms. The topological polar surface area (TPSA) is 292 Å². The Bertz CT molecular complexity index is 2320. The first-order valence-corrected chi connectivity index (χ1v) is 22.4. The number of fused-ring (bicyclic) bond motifs is 2. The van der Waals surface area contributed by atoms with Gasteiger partial charge in [0, 0.05) is 29.5 Å². The van der Waals surface area contributed by atoms with Crippen LogP contribution in [0.5, 0.6) is 0 Å². The van der Waals surface area contributed by atoms with Crippen molar-refractivity contribution in [3.05, 3.63) is 59.5 Å². The van der Waals surface area contributed by atoms with E-state index in [2.05, 4.69) is 4.72 Å². The number of carbonyl (C=O) groups is 2. The van der Waals surface area contributed by atoms with Crippen LogP contribution in [0.15, 0.2) is 62.7 Å². The largest absolute Gasteiger partial charge is 0.478 e. The van der Waals surface area contributed by atoms with Crippen LogP contribution in [0.2, 0.25) is 0 Å². The molecule has 0 unspecified atom stereocenters. The fourth-order valence-electron chi connectivity index (χ4n) is 5.87. The number of nitrogen functional groups attached to an aromatic ring is 1. The molecule has 1 aliphatic heterocycles. The minimum Gasteiger partial charge on any atom is -0.478 e. The summed E-state index contributed by atoms with van der Waals surface area (Å²) in [5.74, 6) is -1.80. The molecule has 2 aromatic carbocycles. The number of rotatable bonds is 32. The zero-order valence-electron chi connectivity index (χ0n) is 34.3. The van der Waals surface area contributed by atoms with E-state index in [4.69, 9.17) is 53.5 Å². The highest BCUT2D eigenvalue weighted by atomic mass is 32.2. The normalized spacial score (nSPS) is 12.1. The smallest absolute Gasteiger partial charge is 0.336 e. The van der Waals surface area contributed by atoms with E-state index in [0.29, 0.717) is 85.7 Å². The Morgan fingerprint density at radius 2 is 1.15 bits per heavy atom. The minimum atomic E-state index is -5.11. The highest BCUT2D eigenvalue weighted by Crippen LogP contribution is 2.45. The molecular formula is C40H53N3O17S2. The van der Waals surface area contributed by atoms with Crippen molar-refractivity contribution in [2.24, 2.45) is 0 Å². The summed E-state index contributed by atoms with van der Waals surface area (Å²) in [7, 11) is -9.61. The number of nitrogens with one attached hydrogen (secondary N) is 2. The Balaban J connectivity index is 1.15. The first-order valence-electron chi connectivity index (χ1n) is 19.5. The zero-order valence-corrected chi connectivity index (χ0v) is 35.9. The molecule has 0 radical (unpaired) electrons. The van der Waals surface area contributed by atoms with Crippen molar-refractivity contribution < 1.29 is 78.4 Å². The molecule has 0 spiro atoms. The summed E-state index contributed by atoms with van der Waals surface area (Å²) >= 11 is 0. The molecule has 4 rings (SSSR count). The van der Waals surface area contributed by atoms with Crippen LogP contribution in [0.1, 0.15) is 23.7 Å². The first kappa shape index (κ1) is 50.2. The number of carbonyl (C=O) groups excluding carboxylic acids is 1. The minimum absolute atomic E-state index is 0.00935. The average molecular weight is 912 g/mol. The van der Waals surface area contributed by atoms with Gasteiger partial charge in [0.2, 0.25) is 10.0 Å². The van der Waals surface area contributed by atoms with E-state index in [9.17, 15) is 36.1 Å². The van der Waals surface area contributed by atoms with Gasteiger partial charge in [-0.25, -0.2) is 17.9 Å². The van der Waals surface area contributed by atoms with Gasteiger partial charge >= 0.3 is 5.97 Å². The third-order valence-electron chi connectivity index (χ3n) is 8.69. The number of hydrogen-bond acceptors (Lipinski definition) is 17. The molecule has 1 heterocycles. The third-order valence-corrected chi connectivity index (χ3v) is 11.2. The third kappa shape index (κ3) is 15.4. The molecule has 22 heteroatoms. The Kier molecular flexibility index (Phi) is 20.8. The standard InChI is InChI=1S/C40H53N3O17S2/c1-28(44)10-12-52-14-16-54-18-20-56-22-24-58-26-27-59-25-23-57-21-19-55-17-15-53-13-11-43-61(47,48)38-33(41)8-6-31-35(29-4-2-3-5-30(29)40(45)46)32-7-9-34(42)39(62(49,50)51)37(32)60-36(31)38/h2-9,42-43H,10-27,41H2,1H3,(H,45,46)(H,49,50,51). The number of benzene rings is 3. The van der Waals surface area contributed by atoms with Gasteiger partial charge in [-0.05, 0) is 42.8 Å². The predicted octanol–water partition coefficient (Wildman–Crippen LogP) is 2.60. The number of nitrogens with two attached hydrogens (primary N) is 1. The van der Waals surface area contributed by atoms with Gasteiger partial charge in [0.25, 0.3) is 10.1 Å². The maximum atomic E-state index is 13.7. The number of ketones is 1. The first-order chi connectivity index (χ1) is 29.7. The molecule has 0 fully saturated rings. The number of ether oxygens (including phenoxy) is 8. The highest BCUT2D eigenvalue weighted by Gasteiger charge is 2.32. The number of aromatic carboxylic acids is 1. The second-order valence-electron chi connectivity index (χ2n) is 13.2. The lowest BCUT2D eigenvalue weighted by Gasteiger charge is -2.20. The van der Waals surface area contributed by atoms with E-state index in [0.717, 1.165) is 6.07 Å². The maximum Gasteiger partial charge on any atom is 0.336 e. The van der Waals surface area contributed by atoms with Gasteiger partial charge in [-0.2, -0.15) is 8.42 Å². The van der Waals surface area contributed by atoms with Crippen LogP contribution < -0.4 is 15.8 Å². The molecule has 1 aliphatic carbocycles. The van der Waals surface area contributed by atoms with Gasteiger partial charge in [-0.15, -0.1) is 0 Å². The molecule has 0 aromatic heterocycles. The van der Waals surface area contributed by atoms with Crippen LogP contribution >= 0.6 is 0 Å². The molecule has 0 amide bonds. The van der Waals surface area contributed by atoms with E-state index >= 15 is 0 Å². The van der Waals surface area contributed by atoms with Gasteiger partial charge in [0.05, 0.1) is 122 Å². The van der Waals surface area contributed by atoms with E-state index < -0.39 is 52.6 Å². The van der Waals surface area contributed by atoms with Crippen molar-refractivity contribution in [1.29, 1.82) is 5.41 Å². The number of sulfonamides is 1. The van der Waals surface area contributed by atoms with Crippen molar-refractivity contribution in [3.8, 4) is 22.5 Å². The van der Waals surface area contributed by atoms with Gasteiger partial charge in [0.1, 0.15) is 10.7 Å². The fraction of sp³-hybridized carbons (Fsp3) is 0.475. The summed E-state index contributed by atoms with van der Waals surface area (Å²) in [4.78, 5) is 21.6. The van der Waals surface area contributed by atoms with E-state index in [-0.39, 0.29) is 72.1 Å². The number of Topliss-reactive ketones (excluding diaryl/α,β-unsaturated/α-hetero) is 1. The van der Waals surface area contributed by atoms with Crippen molar-refractivity contribution in [3.63, 3.8) is 0 Å². The molecule has 6 N–H and O–H groups in total. The van der Waals surface area contributed by atoms with E-state index in [1.165, 1.54) is 43.3 Å². The summed E-state index contributed by atoms with van der Waals surface area (Å²) in [6.07, 6.45) is 0.406. The zero-order chi connectivity index (χ0) is 45.0. The summed E-state index contributed by atoms with van der Waals surface area (Å²) in [6, 6.07) is 10.9. The van der Waals surface area contributed by atoms with Gasteiger partial charge in [0.15, 0.2) is 16.2 Å². The summed E-state index contributed by atoms with van der Waals surface area (Å²) in [5.41, 5.74) is 5.41. The van der Waals surface area contributed by atoms with E-state index in [1.54, 1.807) is 6.07 Å². The highest BCUT2D eigenvalue weighted by molar-refractivity contribution is 7.90. The Morgan fingerprint density at radius 3 is 1.63 bits per heavy atom. The second kappa shape index (κ2) is 25.6. The molecule has 2 aliphatic rings. The quantitative estimate of drug-likeness (QED) is 0.0204. The van der Waals surface area contributed by atoms with E-state index in [1.807, 2.05) is 0 Å². The van der Waals surface area contributed by atoms with Crippen molar-refractivity contribution in [1.82, 2.24) is 4.72 Å². The molecular weight excluding hydrogens is 859 g/mol. The average Bonchev–Trinajstić information content (AvgIpc) is 3.21. The Hall–Kier alpha value is -4.43. The van der Waals surface area contributed by atoms with Gasteiger partial charge in [-0.3, -0.25) is 14.8 Å². The molecule has 0 bridgehead atoms. The number of carboxylic acids is 1.